The molecule has 1 fully saturated rings. The van der Waals surface area contributed by atoms with E-state index in [2.05, 4.69) is 32.0 Å². The number of aromatic nitrogens is 3. The summed E-state index contributed by atoms with van der Waals surface area (Å²) in [5.74, 6) is 0.712. The van der Waals surface area contributed by atoms with E-state index < -0.39 is 0 Å². The van der Waals surface area contributed by atoms with Gasteiger partial charge in [-0.2, -0.15) is 0 Å². The molecule has 2 heterocycles. The van der Waals surface area contributed by atoms with E-state index >= 15 is 0 Å². The first-order valence-electron chi connectivity index (χ1n) is 8.34. The molecular weight excluding hydrogens is 357 g/mol. The van der Waals surface area contributed by atoms with E-state index in [0.717, 1.165) is 45.3 Å². The van der Waals surface area contributed by atoms with E-state index in [1.807, 2.05) is 6.07 Å². The van der Waals surface area contributed by atoms with Crippen LogP contribution in [0.25, 0.3) is 11.4 Å². The van der Waals surface area contributed by atoms with Gasteiger partial charge in [-0.25, -0.2) is 9.37 Å². The first-order chi connectivity index (χ1) is 12.7. The van der Waals surface area contributed by atoms with Crippen molar-refractivity contribution in [1.82, 2.24) is 20.1 Å². The van der Waals surface area contributed by atoms with Crippen LogP contribution in [0.15, 0.2) is 23.4 Å². The van der Waals surface area contributed by atoms with Crippen LogP contribution in [0.3, 0.4) is 0 Å². The normalized spacial score (nSPS) is 14.7. The maximum Gasteiger partial charge on any atom is 0.208 e. The van der Waals surface area contributed by atoms with Gasteiger partial charge in [-0.15, -0.1) is 5.10 Å². The second-order valence-electron chi connectivity index (χ2n) is 5.72. The fourth-order valence-electron chi connectivity index (χ4n) is 2.59. The molecule has 0 radical (unpaired) electrons. The molecule has 1 aromatic heterocycles. The fraction of sp³-hybridized carbons (Fsp3) is 0.471. The van der Waals surface area contributed by atoms with Crippen LogP contribution in [0.5, 0.6) is 0 Å². The number of rotatable bonds is 6. The molecule has 0 unspecified atom stereocenters. The van der Waals surface area contributed by atoms with Crippen LogP contribution in [0.2, 0.25) is 0 Å². The minimum absolute atomic E-state index is 0.313. The second-order valence-corrected chi connectivity index (χ2v) is 6.79. The van der Waals surface area contributed by atoms with Crippen molar-refractivity contribution < 1.29 is 14.3 Å². The summed E-state index contributed by atoms with van der Waals surface area (Å²) in [6, 6.07) is 5.22. The third-order valence-corrected chi connectivity index (χ3v) is 4.89. The van der Waals surface area contributed by atoms with Gasteiger partial charge < -0.3 is 19.7 Å². The van der Waals surface area contributed by atoms with Crippen LogP contribution < -0.4 is 4.90 Å². The number of likely N-dealkylation sites (N-methyl/N-ethyl adjacent to an activating group) is 1. The van der Waals surface area contributed by atoms with Gasteiger partial charge in [0, 0.05) is 51.1 Å². The topological polar surface area (TPSA) is 85.4 Å². The molecule has 1 aliphatic heterocycles. The molecule has 1 saturated heterocycles. The quantitative estimate of drug-likeness (QED) is 0.447. The first-order valence-corrected chi connectivity index (χ1v) is 9.33. The molecule has 9 heteroatoms. The van der Waals surface area contributed by atoms with E-state index in [1.165, 1.54) is 11.8 Å². The van der Waals surface area contributed by atoms with Crippen LogP contribution in [-0.2, 0) is 4.79 Å². The number of carbonyl (C=O) groups excluding carboxylic acids is 1. The zero-order valence-corrected chi connectivity index (χ0v) is 15.8. The average Bonchev–Trinajstić information content (AvgIpc) is 3.13. The number of benzene rings is 1. The zero-order valence-electron chi connectivity index (χ0n) is 15.0. The van der Waals surface area contributed by atoms with Crippen molar-refractivity contribution >= 4 is 23.7 Å². The Balaban J connectivity index is 0.00000117. The standard InChI is InChI=1S/C16H20FN5OS.CH4O/c1-21-5-7-22(8-6-21)12-3-4-13(14(17)11-12)15-18-16(20-19-15)24-10-2-9-23;1-2/h3-4,9,11H,2,5-8,10H2,1H3,(H,18,19,20);2H,1H3. The van der Waals surface area contributed by atoms with Gasteiger partial charge >= 0.3 is 0 Å². The van der Waals surface area contributed by atoms with Gasteiger partial charge in [0.15, 0.2) is 5.82 Å². The van der Waals surface area contributed by atoms with Gasteiger partial charge in [0.1, 0.15) is 12.1 Å². The van der Waals surface area contributed by atoms with Crippen LogP contribution in [0, 0.1) is 5.82 Å². The molecule has 0 atom stereocenters. The Morgan fingerprint density at radius 3 is 2.69 bits per heavy atom. The number of hydrogen-bond acceptors (Lipinski definition) is 7. The number of nitrogens with one attached hydrogen (secondary N) is 1. The monoisotopic (exact) mass is 381 g/mol. The number of anilines is 1. The second kappa shape index (κ2) is 10.2. The lowest BCUT2D eigenvalue weighted by molar-refractivity contribution is -0.107. The average molecular weight is 381 g/mol. The summed E-state index contributed by atoms with van der Waals surface area (Å²) in [4.78, 5) is 19.1. The Morgan fingerprint density at radius 1 is 1.31 bits per heavy atom. The van der Waals surface area contributed by atoms with Crippen molar-refractivity contribution in [3.63, 3.8) is 0 Å². The molecule has 1 aliphatic rings. The first kappa shape index (κ1) is 20.3. The van der Waals surface area contributed by atoms with Crippen molar-refractivity contribution in [3.05, 3.63) is 24.0 Å². The van der Waals surface area contributed by atoms with Gasteiger partial charge in [-0.3, -0.25) is 5.10 Å². The van der Waals surface area contributed by atoms with Crippen LogP contribution in [-0.4, -0.2) is 77.6 Å². The summed E-state index contributed by atoms with van der Waals surface area (Å²) in [6.07, 6.45) is 1.31. The number of piperazine rings is 1. The summed E-state index contributed by atoms with van der Waals surface area (Å²) < 4.78 is 14.5. The third kappa shape index (κ3) is 5.26. The van der Waals surface area contributed by atoms with Gasteiger partial charge in [-0.1, -0.05) is 11.8 Å². The van der Waals surface area contributed by atoms with Crippen molar-refractivity contribution in [3.8, 4) is 11.4 Å². The van der Waals surface area contributed by atoms with Crippen LogP contribution >= 0.6 is 11.8 Å². The van der Waals surface area contributed by atoms with Crippen molar-refractivity contribution in [2.24, 2.45) is 0 Å². The predicted octanol–water partition coefficient (Wildman–Crippen LogP) is 1.65. The summed E-state index contributed by atoms with van der Waals surface area (Å²) in [6.45, 7) is 3.75. The Bertz CT molecular complexity index is 704. The molecule has 0 bridgehead atoms. The zero-order chi connectivity index (χ0) is 18.9. The van der Waals surface area contributed by atoms with Crippen LogP contribution in [0.4, 0.5) is 10.1 Å². The highest BCUT2D eigenvalue weighted by Gasteiger charge is 2.17. The molecule has 0 aliphatic carbocycles. The Hall–Kier alpha value is -1.97. The van der Waals surface area contributed by atoms with Gasteiger partial charge in [0.25, 0.3) is 0 Å². The van der Waals surface area contributed by atoms with Crippen LogP contribution in [0.1, 0.15) is 6.42 Å². The highest BCUT2D eigenvalue weighted by molar-refractivity contribution is 7.99. The number of aliphatic hydroxyl groups excluding tert-OH is 1. The van der Waals surface area contributed by atoms with E-state index in [9.17, 15) is 9.18 Å². The van der Waals surface area contributed by atoms with E-state index in [1.54, 1.807) is 12.1 Å². The lowest BCUT2D eigenvalue weighted by atomic mass is 10.1. The lowest BCUT2D eigenvalue weighted by Crippen LogP contribution is -2.44. The number of H-pyrrole nitrogens is 1. The minimum atomic E-state index is -0.313. The molecule has 0 amide bonds. The molecule has 26 heavy (non-hydrogen) atoms. The maximum absolute atomic E-state index is 14.5. The molecule has 7 nitrogen and oxygen atoms in total. The van der Waals surface area contributed by atoms with Gasteiger partial charge in [0.2, 0.25) is 5.16 Å². The van der Waals surface area contributed by atoms with E-state index in [4.69, 9.17) is 5.11 Å². The third-order valence-electron chi connectivity index (χ3n) is 4.01. The molecule has 2 N–H and O–H groups in total. The summed E-state index contributed by atoms with van der Waals surface area (Å²) in [5.41, 5.74) is 1.30. The Labute approximate surface area is 156 Å². The summed E-state index contributed by atoms with van der Waals surface area (Å²) in [5, 5.41) is 14.3. The fourth-order valence-corrected chi connectivity index (χ4v) is 3.25. The highest BCUT2D eigenvalue weighted by Crippen LogP contribution is 2.26. The van der Waals surface area contributed by atoms with Crippen molar-refractivity contribution in [2.45, 2.75) is 11.6 Å². The highest BCUT2D eigenvalue weighted by atomic mass is 32.2. The van der Waals surface area contributed by atoms with Gasteiger partial charge in [0.05, 0.1) is 5.56 Å². The molecular formula is C17H24FN5O2S. The lowest BCUT2D eigenvalue weighted by Gasteiger charge is -2.34. The Kier molecular flexibility index (Phi) is 8.02. The van der Waals surface area contributed by atoms with E-state index in [0.29, 0.717) is 28.7 Å². The number of aromatic amines is 1. The predicted molar refractivity (Wildman–Crippen MR) is 101 cm³/mol. The number of thioether (sulfide) groups is 1. The maximum atomic E-state index is 14.5. The van der Waals surface area contributed by atoms with E-state index in [-0.39, 0.29) is 5.82 Å². The molecule has 2 aromatic rings. The molecule has 1 aromatic carbocycles. The summed E-state index contributed by atoms with van der Waals surface area (Å²) in [7, 11) is 3.09. The number of nitrogens with zero attached hydrogens (tertiary/aromatic N) is 4. The minimum Gasteiger partial charge on any atom is -0.400 e. The number of hydrogen-bond donors (Lipinski definition) is 2. The number of aldehydes is 1. The van der Waals surface area contributed by atoms with Gasteiger partial charge in [-0.05, 0) is 25.2 Å². The number of carbonyl (C=O) groups is 1. The Morgan fingerprint density at radius 2 is 2.04 bits per heavy atom. The smallest absolute Gasteiger partial charge is 0.208 e. The SMILES string of the molecule is CN1CCN(c2ccc(-c3nc(SCCC=O)n[nH]3)c(F)c2)CC1.CO. The number of aliphatic hydroxyl groups is 1. The van der Waals surface area contributed by atoms with Crippen molar-refractivity contribution in [2.75, 3.05) is 51.0 Å². The molecule has 0 spiro atoms. The number of halogens is 1. The van der Waals surface area contributed by atoms with Crippen molar-refractivity contribution in [1.29, 1.82) is 0 Å². The summed E-state index contributed by atoms with van der Waals surface area (Å²) >= 11 is 1.37. The molecule has 0 saturated carbocycles. The molecule has 142 valence electrons. The molecule has 3 rings (SSSR count). The largest absolute Gasteiger partial charge is 0.400 e.